The second kappa shape index (κ2) is 16.7. The predicted molar refractivity (Wildman–Crippen MR) is 156 cm³/mol. The molecule has 0 radical (unpaired) electrons. The van der Waals surface area contributed by atoms with Crippen LogP contribution in [-0.2, 0) is 5.60 Å². The van der Waals surface area contributed by atoms with Gasteiger partial charge in [0.2, 0.25) is 5.60 Å². The van der Waals surface area contributed by atoms with Crippen molar-refractivity contribution in [3.05, 3.63) is 71.2 Å². The lowest BCUT2D eigenvalue weighted by Gasteiger charge is -2.30. The topological polar surface area (TPSA) is 110 Å². The highest BCUT2D eigenvalue weighted by Crippen LogP contribution is 2.40. The van der Waals surface area contributed by atoms with Gasteiger partial charge in [-0.05, 0) is 67.9 Å². The Morgan fingerprint density at radius 1 is 0.953 bits per heavy atom. The number of carbonyl (C=O) groups excluding carboxylic acids is 1. The van der Waals surface area contributed by atoms with Crippen molar-refractivity contribution in [2.75, 3.05) is 27.4 Å². The molecule has 1 aromatic heterocycles. The summed E-state index contributed by atoms with van der Waals surface area (Å²) >= 11 is 0. The SMILES string of the molecule is CC.CC.COc1cc(C(=O)NCC(O)(c2ccc(OC)c(-c3ccc(F)c(C)c3)n2)C(F)(F)F)ccc1OCC(C)O. The molecule has 8 nitrogen and oxygen atoms in total. The lowest BCUT2D eigenvalue weighted by Crippen LogP contribution is -2.51. The Labute approximate surface area is 249 Å². The van der Waals surface area contributed by atoms with Crippen LogP contribution >= 0.6 is 0 Å². The van der Waals surface area contributed by atoms with E-state index in [1.165, 1.54) is 64.5 Å². The third-order valence-corrected chi connectivity index (χ3v) is 5.81. The summed E-state index contributed by atoms with van der Waals surface area (Å²) in [4.78, 5) is 16.8. The lowest BCUT2D eigenvalue weighted by atomic mass is 9.96. The molecular weight excluding hydrogens is 572 g/mol. The molecule has 0 bridgehead atoms. The first-order valence-electron chi connectivity index (χ1n) is 13.7. The Hall–Kier alpha value is -3.90. The minimum atomic E-state index is -5.24. The number of aliphatic hydroxyl groups is 2. The van der Waals surface area contributed by atoms with Crippen LogP contribution < -0.4 is 19.5 Å². The molecule has 3 N–H and O–H groups in total. The van der Waals surface area contributed by atoms with Crippen LogP contribution in [0.15, 0.2) is 48.5 Å². The highest BCUT2D eigenvalue weighted by atomic mass is 19.4. The normalized spacial score (nSPS) is 12.8. The maximum atomic E-state index is 14.2. The average molecular weight is 613 g/mol. The van der Waals surface area contributed by atoms with Gasteiger partial charge < -0.3 is 29.7 Å². The third kappa shape index (κ3) is 9.29. The largest absolute Gasteiger partial charge is 0.494 e. The number of pyridine rings is 1. The van der Waals surface area contributed by atoms with Gasteiger partial charge in [0.15, 0.2) is 11.5 Å². The molecule has 0 fully saturated rings. The number of aromatic nitrogens is 1. The van der Waals surface area contributed by atoms with Crippen molar-refractivity contribution >= 4 is 5.91 Å². The van der Waals surface area contributed by atoms with Crippen LogP contribution in [0.25, 0.3) is 11.3 Å². The zero-order chi connectivity index (χ0) is 33.0. The first kappa shape index (κ1) is 37.1. The maximum absolute atomic E-state index is 14.2. The van der Waals surface area contributed by atoms with E-state index in [1.807, 2.05) is 27.7 Å². The van der Waals surface area contributed by atoms with Crippen molar-refractivity contribution < 1.29 is 46.8 Å². The number of benzene rings is 2. The number of alkyl halides is 3. The molecule has 3 aromatic rings. The molecule has 238 valence electrons. The van der Waals surface area contributed by atoms with Crippen molar-refractivity contribution in [3.63, 3.8) is 0 Å². The number of ether oxygens (including phenoxy) is 3. The zero-order valence-corrected chi connectivity index (χ0v) is 25.6. The summed E-state index contributed by atoms with van der Waals surface area (Å²) in [6, 6.07) is 9.91. The molecule has 12 heteroatoms. The van der Waals surface area contributed by atoms with E-state index in [9.17, 15) is 32.6 Å². The van der Waals surface area contributed by atoms with Gasteiger partial charge in [0.05, 0.1) is 32.6 Å². The molecule has 0 saturated heterocycles. The molecule has 0 spiro atoms. The van der Waals surface area contributed by atoms with Crippen molar-refractivity contribution in [1.82, 2.24) is 10.3 Å². The summed E-state index contributed by atoms with van der Waals surface area (Å²) in [6.45, 7) is 9.68. The number of amides is 1. The molecule has 1 amide bonds. The van der Waals surface area contributed by atoms with Gasteiger partial charge in [-0.3, -0.25) is 4.79 Å². The molecule has 0 aliphatic carbocycles. The molecular formula is C31H40F4N2O6. The van der Waals surface area contributed by atoms with Gasteiger partial charge in [0, 0.05) is 11.1 Å². The van der Waals surface area contributed by atoms with Crippen LogP contribution in [0, 0.1) is 12.7 Å². The summed E-state index contributed by atoms with van der Waals surface area (Å²) in [5, 5.41) is 22.3. The monoisotopic (exact) mass is 612 g/mol. The van der Waals surface area contributed by atoms with Gasteiger partial charge in [0.25, 0.3) is 5.91 Å². The Morgan fingerprint density at radius 2 is 1.56 bits per heavy atom. The molecule has 3 rings (SSSR count). The van der Waals surface area contributed by atoms with Crippen LogP contribution in [0.3, 0.4) is 0 Å². The van der Waals surface area contributed by atoms with E-state index < -0.39 is 41.8 Å². The summed E-state index contributed by atoms with van der Waals surface area (Å²) in [5.41, 5.74) is -3.99. The smallest absolute Gasteiger partial charge is 0.424 e. The molecule has 2 unspecified atom stereocenters. The number of aryl methyl sites for hydroxylation is 1. The molecule has 0 saturated carbocycles. The minimum absolute atomic E-state index is 0.0468. The average Bonchev–Trinajstić information content (AvgIpc) is 3.00. The van der Waals surface area contributed by atoms with E-state index in [4.69, 9.17) is 14.2 Å². The Balaban J connectivity index is 0.00000221. The first-order chi connectivity index (χ1) is 20.3. The van der Waals surface area contributed by atoms with Crippen molar-refractivity contribution in [3.8, 4) is 28.5 Å². The van der Waals surface area contributed by atoms with Crippen LogP contribution in [-0.4, -0.2) is 60.8 Å². The third-order valence-electron chi connectivity index (χ3n) is 5.81. The molecule has 2 aromatic carbocycles. The number of methoxy groups -OCH3 is 2. The van der Waals surface area contributed by atoms with Crippen LogP contribution in [0.4, 0.5) is 17.6 Å². The highest BCUT2D eigenvalue weighted by molar-refractivity contribution is 5.95. The van der Waals surface area contributed by atoms with Gasteiger partial charge in [-0.25, -0.2) is 9.37 Å². The molecule has 0 aliphatic rings. The van der Waals surface area contributed by atoms with Crippen LogP contribution in [0.2, 0.25) is 0 Å². The fourth-order valence-electron chi connectivity index (χ4n) is 3.62. The molecule has 2 atom stereocenters. The zero-order valence-electron chi connectivity index (χ0n) is 25.6. The number of carbonyl (C=O) groups is 1. The van der Waals surface area contributed by atoms with Crippen LogP contribution in [0.1, 0.15) is 56.2 Å². The van der Waals surface area contributed by atoms with Gasteiger partial charge in [-0.1, -0.05) is 27.7 Å². The number of aliphatic hydroxyl groups excluding tert-OH is 1. The van der Waals surface area contributed by atoms with Gasteiger partial charge >= 0.3 is 6.18 Å². The van der Waals surface area contributed by atoms with Crippen LogP contribution in [0.5, 0.6) is 17.2 Å². The quantitative estimate of drug-likeness (QED) is 0.234. The Morgan fingerprint density at radius 3 is 2.09 bits per heavy atom. The van der Waals surface area contributed by atoms with E-state index in [1.54, 1.807) is 0 Å². The van der Waals surface area contributed by atoms with E-state index in [-0.39, 0.29) is 46.2 Å². The molecule has 1 heterocycles. The highest BCUT2D eigenvalue weighted by Gasteiger charge is 2.56. The second-order valence-electron chi connectivity index (χ2n) is 8.78. The number of rotatable bonds is 10. The number of nitrogens with one attached hydrogen (secondary N) is 1. The summed E-state index contributed by atoms with van der Waals surface area (Å²) in [7, 11) is 2.60. The predicted octanol–water partition coefficient (Wildman–Crippen LogP) is 6.21. The number of hydrogen-bond acceptors (Lipinski definition) is 7. The number of nitrogens with zero attached hydrogens (tertiary/aromatic N) is 1. The molecule has 0 aliphatic heterocycles. The van der Waals surface area contributed by atoms with E-state index in [0.717, 1.165) is 12.1 Å². The van der Waals surface area contributed by atoms with E-state index in [2.05, 4.69) is 10.3 Å². The van der Waals surface area contributed by atoms with E-state index >= 15 is 0 Å². The maximum Gasteiger partial charge on any atom is 0.424 e. The fourth-order valence-corrected chi connectivity index (χ4v) is 3.62. The van der Waals surface area contributed by atoms with Gasteiger partial charge in [-0.15, -0.1) is 0 Å². The van der Waals surface area contributed by atoms with E-state index in [0.29, 0.717) is 0 Å². The Bertz CT molecular complexity index is 1330. The summed E-state index contributed by atoms with van der Waals surface area (Å²) < 4.78 is 72.2. The Kier molecular flexibility index (Phi) is 14.4. The molecule has 43 heavy (non-hydrogen) atoms. The van der Waals surface area contributed by atoms with Crippen molar-refractivity contribution in [2.24, 2.45) is 0 Å². The second-order valence-corrected chi connectivity index (χ2v) is 8.78. The fraction of sp³-hybridized carbons (Fsp3) is 0.419. The summed E-state index contributed by atoms with van der Waals surface area (Å²) in [6.07, 6.45) is -6.01. The standard InChI is InChI=1S/C27H28F4N2O6.2C2H6/c1-15-11-17(5-7-19(15)28)24-21(37-3)9-10-23(33-24)26(36,27(29,30)31)14-32-25(35)18-6-8-20(22(12-18)38-4)39-13-16(2)34;2*1-2/h5-12,16,34,36H,13-14H2,1-4H3,(H,32,35);2*1-2H3. The summed E-state index contributed by atoms with van der Waals surface area (Å²) in [5.74, 6) is -1.01. The lowest BCUT2D eigenvalue weighted by molar-refractivity contribution is -0.265. The number of halogens is 4. The van der Waals surface area contributed by atoms with Gasteiger partial charge in [-0.2, -0.15) is 13.2 Å². The van der Waals surface area contributed by atoms with Crippen molar-refractivity contribution in [2.45, 2.75) is 59.4 Å². The van der Waals surface area contributed by atoms with Crippen molar-refractivity contribution in [1.29, 1.82) is 0 Å². The minimum Gasteiger partial charge on any atom is -0.494 e. The van der Waals surface area contributed by atoms with Gasteiger partial charge in [0.1, 0.15) is 23.9 Å². The number of hydrogen-bond donors (Lipinski definition) is 3. The first-order valence-corrected chi connectivity index (χ1v) is 13.7.